The van der Waals surface area contributed by atoms with Gasteiger partial charge >= 0.3 is 11.7 Å². The number of esters is 1. The van der Waals surface area contributed by atoms with Crippen LogP contribution in [0.1, 0.15) is 41.7 Å². The molecule has 1 heterocycles. The van der Waals surface area contributed by atoms with Gasteiger partial charge in [0.05, 0.1) is 28.5 Å². The van der Waals surface area contributed by atoms with Crippen LogP contribution in [0.25, 0.3) is 5.69 Å². The van der Waals surface area contributed by atoms with Crippen LogP contribution in [0.2, 0.25) is 0 Å². The van der Waals surface area contributed by atoms with Crippen molar-refractivity contribution in [3.63, 3.8) is 0 Å². The van der Waals surface area contributed by atoms with Crippen LogP contribution in [0, 0.1) is 10.1 Å². The SMILES string of the molecule is CCOc1ccc(C(=O)OCC(=O)Nc2cc(C3CC3)nn2-c2ccccc2)cc1[N+](=O)[O-]. The van der Waals surface area contributed by atoms with E-state index in [1.165, 1.54) is 12.1 Å². The summed E-state index contributed by atoms with van der Waals surface area (Å²) < 4.78 is 11.9. The summed E-state index contributed by atoms with van der Waals surface area (Å²) >= 11 is 0. The summed E-state index contributed by atoms with van der Waals surface area (Å²) in [4.78, 5) is 35.4. The summed E-state index contributed by atoms with van der Waals surface area (Å²) in [5, 5.41) is 18.6. The van der Waals surface area contributed by atoms with E-state index in [2.05, 4.69) is 10.4 Å². The molecule has 1 aliphatic carbocycles. The lowest BCUT2D eigenvalue weighted by Crippen LogP contribution is -2.22. The molecular formula is C23H22N4O6. The number of ether oxygens (including phenoxy) is 2. The number of benzene rings is 2. The number of nitrogens with one attached hydrogen (secondary N) is 1. The van der Waals surface area contributed by atoms with Crippen LogP contribution in [0.3, 0.4) is 0 Å². The van der Waals surface area contributed by atoms with Crippen molar-refractivity contribution in [2.24, 2.45) is 0 Å². The second kappa shape index (κ2) is 9.51. The first kappa shape index (κ1) is 22.0. The van der Waals surface area contributed by atoms with E-state index < -0.39 is 23.4 Å². The van der Waals surface area contributed by atoms with Gasteiger partial charge in [-0.05, 0) is 44.0 Å². The Morgan fingerprint density at radius 2 is 1.94 bits per heavy atom. The van der Waals surface area contributed by atoms with Crippen molar-refractivity contribution in [1.29, 1.82) is 0 Å². The quantitative estimate of drug-likeness (QED) is 0.298. The van der Waals surface area contributed by atoms with Crippen LogP contribution >= 0.6 is 0 Å². The van der Waals surface area contributed by atoms with Crippen molar-refractivity contribution in [2.75, 3.05) is 18.5 Å². The van der Waals surface area contributed by atoms with Crippen LogP contribution in [0.5, 0.6) is 5.75 Å². The van der Waals surface area contributed by atoms with E-state index in [1.807, 2.05) is 36.4 Å². The molecule has 0 atom stereocenters. The predicted molar refractivity (Wildman–Crippen MR) is 119 cm³/mol. The average Bonchev–Trinajstić information content (AvgIpc) is 3.59. The fourth-order valence-electron chi connectivity index (χ4n) is 3.29. The number of nitro groups is 1. The van der Waals surface area contributed by atoms with Crippen LogP contribution < -0.4 is 10.1 Å². The number of rotatable bonds is 9. The monoisotopic (exact) mass is 450 g/mol. The number of nitrogens with zero attached hydrogens (tertiary/aromatic N) is 3. The molecule has 33 heavy (non-hydrogen) atoms. The molecule has 4 rings (SSSR count). The maximum absolute atomic E-state index is 12.5. The van der Waals surface area contributed by atoms with E-state index in [9.17, 15) is 19.7 Å². The molecule has 3 aromatic rings. The molecule has 2 aromatic carbocycles. The molecule has 0 radical (unpaired) electrons. The van der Waals surface area contributed by atoms with Gasteiger partial charge in [-0.25, -0.2) is 9.48 Å². The molecule has 0 saturated heterocycles. The van der Waals surface area contributed by atoms with Gasteiger partial charge in [0.15, 0.2) is 12.4 Å². The van der Waals surface area contributed by atoms with E-state index in [4.69, 9.17) is 9.47 Å². The Hall–Kier alpha value is -4.21. The maximum Gasteiger partial charge on any atom is 0.338 e. The van der Waals surface area contributed by atoms with E-state index in [1.54, 1.807) is 11.6 Å². The molecule has 1 amide bonds. The summed E-state index contributed by atoms with van der Waals surface area (Å²) in [7, 11) is 0. The lowest BCUT2D eigenvalue weighted by Gasteiger charge is -2.10. The molecule has 10 nitrogen and oxygen atoms in total. The highest BCUT2D eigenvalue weighted by molar-refractivity contribution is 5.95. The molecule has 1 aromatic heterocycles. The number of anilines is 1. The van der Waals surface area contributed by atoms with Crippen molar-refractivity contribution in [3.05, 3.63) is 76.0 Å². The highest BCUT2D eigenvalue weighted by atomic mass is 16.6. The number of aromatic nitrogens is 2. The fourth-order valence-corrected chi connectivity index (χ4v) is 3.29. The first-order valence-electron chi connectivity index (χ1n) is 10.5. The second-order valence-corrected chi connectivity index (χ2v) is 7.47. The van der Waals surface area contributed by atoms with Crippen LogP contribution in [0.4, 0.5) is 11.5 Å². The largest absolute Gasteiger partial charge is 0.487 e. The van der Waals surface area contributed by atoms with Gasteiger partial charge in [0.1, 0.15) is 5.82 Å². The van der Waals surface area contributed by atoms with Gasteiger partial charge < -0.3 is 14.8 Å². The molecule has 1 aliphatic rings. The normalized spacial score (nSPS) is 12.8. The van der Waals surface area contributed by atoms with E-state index in [0.717, 1.165) is 30.3 Å². The Balaban J connectivity index is 1.43. The third kappa shape index (κ3) is 5.17. The number of hydrogen-bond donors (Lipinski definition) is 1. The van der Waals surface area contributed by atoms with Gasteiger partial charge in [0.25, 0.3) is 5.91 Å². The lowest BCUT2D eigenvalue weighted by molar-refractivity contribution is -0.385. The Morgan fingerprint density at radius 1 is 1.18 bits per heavy atom. The van der Waals surface area contributed by atoms with Crippen molar-refractivity contribution in [2.45, 2.75) is 25.7 Å². The van der Waals surface area contributed by atoms with E-state index in [-0.39, 0.29) is 23.6 Å². The first-order chi connectivity index (χ1) is 16.0. The lowest BCUT2D eigenvalue weighted by atomic mass is 10.2. The summed E-state index contributed by atoms with van der Waals surface area (Å²) in [6, 6.07) is 14.9. The minimum Gasteiger partial charge on any atom is -0.487 e. The predicted octanol–water partition coefficient (Wildman–Crippen LogP) is 3.85. The van der Waals surface area contributed by atoms with Crippen molar-refractivity contribution >= 4 is 23.4 Å². The fraction of sp³-hybridized carbons (Fsp3) is 0.261. The number of para-hydroxylation sites is 1. The second-order valence-electron chi connectivity index (χ2n) is 7.47. The Morgan fingerprint density at radius 3 is 2.61 bits per heavy atom. The number of amides is 1. The van der Waals surface area contributed by atoms with E-state index in [0.29, 0.717) is 11.7 Å². The zero-order valence-corrected chi connectivity index (χ0v) is 17.9. The van der Waals surface area contributed by atoms with Gasteiger partial charge in [-0.15, -0.1) is 0 Å². The maximum atomic E-state index is 12.5. The molecule has 170 valence electrons. The van der Waals surface area contributed by atoms with Gasteiger partial charge in [-0.2, -0.15) is 5.10 Å². The van der Waals surface area contributed by atoms with Crippen LogP contribution in [-0.2, 0) is 9.53 Å². The Bertz CT molecular complexity index is 1190. The molecule has 0 aliphatic heterocycles. The van der Waals surface area contributed by atoms with Crippen molar-refractivity contribution in [3.8, 4) is 11.4 Å². The number of hydrogen-bond acceptors (Lipinski definition) is 7. The molecule has 0 unspecified atom stereocenters. The number of nitro benzene ring substituents is 1. The molecule has 0 bridgehead atoms. The molecular weight excluding hydrogens is 428 g/mol. The standard InChI is InChI=1S/C23H22N4O6/c1-2-32-20-11-10-16(12-19(20)27(30)31)23(29)33-14-22(28)24-21-13-18(15-8-9-15)25-26(21)17-6-4-3-5-7-17/h3-7,10-13,15H,2,8-9,14H2,1H3,(H,24,28). The zero-order chi connectivity index (χ0) is 23.4. The summed E-state index contributed by atoms with van der Waals surface area (Å²) in [5.74, 6) is -0.494. The Labute approximate surface area is 189 Å². The summed E-state index contributed by atoms with van der Waals surface area (Å²) in [6.07, 6.45) is 2.12. The molecule has 10 heteroatoms. The van der Waals surface area contributed by atoms with E-state index >= 15 is 0 Å². The molecule has 0 spiro atoms. The van der Waals surface area contributed by atoms with Crippen LogP contribution in [-0.4, -0.2) is 39.8 Å². The topological polar surface area (TPSA) is 126 Å². The van der Waals surface area contributed by atoms with Gasteiger partial charge in [0.2, 0.25) is 0 Å². The molecule has 1 fully saturated rings. The number of carbonyl (C=O) groups is 2. The zero-order valence-electron chi connectivity index (χ0n) is 17.9. The summed E-state index contributed by atoms with van der Waals surface area (Å²) in [5.41, 5.74) is 1.28. The summed E-state index contributed by atoms with van der Waals surface area (Å²) in [6.45, 7) is 1.38. The van der Waals surface area contributed by atoms with Crippen molar-refractivity contribution in [1.82, 2.24) is 9.78 Å². The highest BCUT2D eigenvalue weighted by Crippen LogP contribution is 2.40. The number of carbonyl (C=O) groups excluding carboxylic acids is 2. The van der Waals surface area contributed by atoms with Gasteiger partial charge in [0, 0.05) is 18.1 Å². The average molecular weight is 450 g/mol. The first-order valence-corrected chi connectivity index (χ1v) is 10.5. The van der Waals surface area contributed by atoms with Crippen molar-refractivity contribution < 1.29 is 24.0 Å². The highest BCUT2D eigenvalue weighted by Gasteiger charge is 2.28. The third-order valence-electron chi connectivity index (χ3n) is 5.02. The van der Waals surface area contributed by atoms with Gasteiger partial charge in [-0.3, -0.25) is 14.9 Å². The minimum atomic E-state index is -0.855. The van der Waals surface area contributed by atoms with Crippen LogP contribution in [0.15, 0.2) is 54.6 Å². The van der Waals surface area contributed by atoms with Gasteiger partial charge in [-0.1, -0.05) is 18.2 Å². The smallest absolute Gasteiger partial charge is 0.338 e. The molecule has 1 N–H and O–H groups in total. The Kier molecular flexibility index (Phi) is 6.34. The third-order valence-corrected chi connectivity index (χ3v) is 5.02. The molecule has 1 saturated carbocycles. The minimum absolute atomic E-state index is 0.0525.